The van der Waals surface area contributed by atoms with E-state index in [9.17, 15) is 50.4 Å². The lowest BCUT2D eigenvalue weighted by atomic mass is 9.93. The van der Waals surface area contributed by atoms with Gasteiger partial charge in [-0.3, -0.25) is 9.59 Å². The summed E-state index contributed by atoms with van der Waals surface area (Å²) in [5.41, 5.74) is -1.80. The number of benzene rings is 4. The largest absolute Gasteiger partial charge is 0.507 e. The fourth-order valence-electron chi connectivity index (χ4n) is 3.85. The number of aromatic hydroxyl groups is 8. The molecule has 0 amide bonds. The van der Waals surface area contributed by atoms with E-state index in [4.69, 9.17) is 0 Å². The van der Waals surface area contributed by atoms with E-state index < -0.39 is 75.1 Å². The van der Waals surface area contributed by atoms with Crippen LogP contribution in [0.1, 0.15) is 43.0 Å². The van der Waals surface area contributed by atoms with Gasteiger partial charge in [-0.15, -0.1) is 0 Å². The lowest BCUT2D eigenvalue weighted by molar-refractivity contribution is 0.102. The molecule has 0 fully saturated rings. The van der Waals surface area contributed by atoms with Crippen molar-refractivity contribution in [3.63, 3.8) is 0 Å². The number of phenolic OH excluding ortho intramolecular Hbond substituents is 8. The van der Waals surface area contributed by atoms with Gasteiger partial charge in [0.2, 0.25) is 23.1 Å². The number of carbonyl (C=O) groups excluding carboxylic acids is 2. The highest BCUT2D eigenvalue weighted by atomic mass is 16.3. The molecule has 188 valence electrons. The van der Waals surface area contributed by atoms with Crippen LogP contribution >= 0.6 is 0 Å². The number of ketones is 2. The van der Waals surface area contributed by atoms with Crippen LogP contribution in [0.2, 0.25) is 0 Å². The van der Waals surface area contributed by atoms with Crippen LogP contribution < -0.4 is 0 Å². The Kier molecular flexibility index (Phi) is 6.25. The molecule has 0 aliphatic heterocycles. The van der Waals surface area contributed by atoms with Crippen molar-refractivity contribution < 1.29 is 50.4 Å². The van der Waals surface area contributed by atoms with Gasteiger partial charge >= 0.3 is 0 Å². The molecule has 0 heterocycles. The Morgan fingerprint density at radius 1 is 0.459 bits per heavy atom. The van der Waals surface area contributed by atoms with E-state index >= 15 is 0 Å². The predicted octanol–water partition coefficient (Wildman–Crippen LogP) is 3.38. The summed E-state index contributed by atoms with van der Waals surface area (Å²) in [6.07, 6.45) is -0.499. The monoisotopic (exact) mass is 504 g/mol. The van der Waals surface area contributed by atoms with Crippen molar-refractivity contribution in [2.75, 3.05) is 0 Å². The van der Waals surface area contributed by atoms with E-state index in [-0.39, 0.29) is 22.3 Å². The Morgan fingerprint density at radius 2 is 0.811 bits per heavy atom. The molecule has 0 radical (unpaired) electrons. The third-order valence-corrected chi connectivity index (χ3v) is 5.82. The molecule has 10 heteroatoms. The van der Waals surface area contributed by atoms with Gasteiger partial charge in [0, 0.05) is 17.5 Å². The van der Waals surface area contributed by atoms with Gasteiger partial charge in [0.05, 0.1) is 22.3 Å². The minimum absolute atomic E-state index is 0.200. The fraction of sp³-hybridized carbons (Fsp3) is 0.0370. The summed E-state index contributed by atoms with van der Waals surface area (Å²) in [5, 5.41) is 81.9. The standard InChI is InChI=1S/C27H20O10/c28-18-7-3-1-5-14(18)22(32)16-10-12(20(30)26(36)24(16)34)9-13-11-17(25(35)27(37)21(13)31)23(33)15-6-2-4-8-19(15)29/h1-8,10-11,28-31,34-37H,9H2. The Morgan fingerprint density at radius 3 is 1.16 bits per heavy atom. The first-order chi connectivity index (χ1) is 17.5. The Hall–Kier alpha value is -5.38. The van der Waals surface area contributed by atoms with Crippen LogP contribution in [0.5, 0.6) is 46.0 Å². The third kappa shape index (κ3) is 4.27. The molecule has 4 aromatic carbocycles. The number of hydrogen-bond donors (Lipinski definition) is 8. The van der Waals surface area contributed by atoms with E-state index in [1.807, 2.05) is 0 Å². The average Bonchev–Trinajstić information content (AvgIpc) is 2.89. The second-order valence-electron chi connectivity index (χ2n) is 8.13. The average molecular weight is 504 g/mol. The molecular formula is C27H20O10. The number of para-hydroxylation sites is 2. The Labute approximate surface area is 208 Å². The van der Waals surface area contributed by atoms with Crippen LogP contribution in [0.4, 0.5) is 0 Å². The zero-order valence-electron chi connectivity index (χ0n) is 18.9. The molecular weight excluding hydrogens is 484 g/mol. The summed E-state index contributed by atoms with van der Waals surface area (Å²) >= 11 is 0. The van der Waals surface area contributed by atoms with Crippen molar-refractivity contribution >= 4 is 11.6 Å². The normalized spacial score (nSPS) is 10.8. The van der Waals surface area contributed by atoms with Gasteiger partial charge in [-0.2, -0.15) is 0 Å². The van der Waals surface area contributed by atoms with Crippen LogP contribution in [-0.2, 0) is 6.42 Å². The van der Waals surface area contributed by atoms with E-state index in [2.05, 4.69) is 0 Å². The van der Waals surface area contributed by atoms with E-state index in [0.29, 0.717) is 0 Å². The lowest BCUT2D eigenvalue weighted by Crippen LogP contribution is -2.06. The van der Waals surface area contributed by atoms with Crippen LogP contribution in [-0.4, -0.2) is 52.4 Å². The fourth-order valence-corrected chi connectivity index (χ4v) is 3.85. The molecule has 4 rings (SSSR count). The number of carbonyl (C=O) groups is 2. The third-order valence-electron chi connectivity index (χ3n) is 5.82. The van der Waals surface area contributed by atoms with Gasteiger partial charge in [0.1, 0.15) is 11.5 Å². The van der Waals surface area contributed by atoms with Crippen LogP contribution in [0.15, 0.2) is 60.7 Å². The summed E-state index contributed by atoms with van der Waals surface area (Å²) in [6, 6.07) is 12.9. The van der Waals surface area contributed by atoms with Crippen molar-refractivity contribution in [2.45, 2.75) is 6.42 Å². The zero-order chi connectivity index (χ0) is 27.0. The Bertz CT molecular complexity index is 1460. The van der Waals surface area contributed by atoms with Gasteiger partial charge in [0.15, 0.2) is 23.0 Å². The molecule has 10 nitrogen and oxygen atoms in total. The summed E-state index contributed by atoms with van der Waals surface area (Å²) in [5.74, 6) is -8.29. The van der Waals surface area contributed by atoms with Gasteiger partial charge in [-0.1, -0.05) is 24.3 Å². The number of rotatable bonds is 6. The van der Waals surface area contributed by atoms with Crippen molar-refractivity contribution in [1.82, 2.24) is 0 Å². The molecule has 0 unspecified atom stereocenters. The number of hydrogen-bond acceptors (Lipinski definition) is 10. The highest BCUT2D eigenvalue weighted by Crippen LogP contribution is 2.46. The molecule has 0 atom stereocenters. The second-order valence-corrected chi connectivity index (χ2v) is 8.13. The maximum Gasteiger partial charge on any atom is 0.201 e. The van der Waals surface area contributed by atoms with Crippen molar-refractivity contribution in [2.24, 2.45) is 0 Å². The van der Waals surface area contributed by atoms with Gasteiger partial charge in [-0.05, 0) is 36.4 Å². The highest BCUT2D eigenvalue weighted by Gasteiger charge is 2.27. The SMILES string of the molecule is O=C(c1ccccc1O)c1cc(Cc2cc(C(=O)c3ccccc3O)c(O)c(O)c2O)c(O)c(O)c1O. The maximum atomic E-state index is 13.0. The maximum absolute atomic E-state index is 13.0. The van der Waals surface area contributed by atoms with Crippen molar-refractivity contribution in [1.29, 1.82) is 0 Å². The van der Waals surface area contributed by atoms with Gasteiger partial charge in [0.25, 0.3) is 0 Å². The second kappa shape index (κ2) is 9.34. The van der Waals surface area contributed by atoms with Gasteiger partial charge < -0.3 is 40.9 Å². The molecule has 8 N–H and O–H groups in total. The summed E-state index contributed by atoms with van der Waals surface area (Å²) < 4.78 is 0. The summed E-state index contributed by atoms with van der Waals surface area (Å²) in [6.45, 7) is 0. The minimum Gasteiger partial charge on any atom is -0.507 e. The lowest BCUT2D eigenvalue weighted by Gasteiger charge is -2.15. The zero-order valence-corrected chi connectivity index (χ0v) is 18.9. The minimum atomic E-state index is -1.05. The van der Waals surface area contributed by atoms with Crippen LogP contribution in [0.3, 0.4) is 0 Å². The highest BCUT2D eigenvalue weighted by molar-refractivity contribution is 6.13. The van der Waals surface area contributed by atoms with E-state index in [0.717, 1.165) is 12.1 Å². The van der Waals surface area contributed by atoms with Crippen LogP contribution in [0.25, 0.3) is 0 Å². The number of phenols is 8. The molecule has 0 bridgehead atoms. The van der Waals surface area contributed by atoms with E-state index in [1.54, 1.807) is 0 Å². The molecule has 0 aliphatic rings. The summed E-state index contributed by atoms with van der Waals surface area (Å²) in [7, 11) is 0. The first-order valence-corrected chi connectivity index (χ1v) is 10.7. The topological polar surface area (TPSA) is 196 Å². The predicted molar refractivity (Wildman–Crippen MR) is 129 cm³/mol. The van der Waals surface area contributed by atoms with Gasteiger partial charge in [-0.25, -0.2) is 0 Å². The quantitative estimate of drug-likeness (QED) is 0.142. The summed E-state index contributed by atoms with van der Waals surface area (Å²) in [4.78, 5) is 25.9. The Balaban J connectivity index is 1.82. The molecule has 0 saturated carbocycles. The van der Waals surface area contributed by atoms with Crippen molar-refractivity contribution in [3.8, 4) is 46.0 Å². The van der Waals surface area contributed by atoms with Crippen molar-refractivity contribution in [3.05, 3.63) is 94.0 Å². The molecule has 37 heavy (non-hydrogen) atoms. The molecule has 0 aromatic heterocycles. The molecule has 0 saturated heterocycles. The molecule has 0 spiro atoms. The first-order valence-electron chi connectivity index (χ1n) is 10.7. The smallest absolute Gasteiger partial charge is 0.201 e. The van der Waals surface area contributed by atoms with E-state index in [1.165, 1.54) is 48.5 Å². The molecule has 4 aromatic rings. The molecule has 0 aliphatic carbocycles. The first kappa shape index (κ1) is 24.7. The van der Waals surface area contributed by atoms with Crippen LogP contribution in [0, 0.1) is 0 Å².